The van der Waals surface area contributed by atoms with E-state index < -0.39 is 12.2 Å². The van der Waals surface area contributed by atoms with Gasteiger partial charge in [0.25, 0.3) is 0 Å². The first-order valence-corrected chi connectivity index (χ1v) is 10.4. The molecule has 0 unspecified atom stereocenters. The molecule has 0 aliphatic rings. The summed E-state index contributed by atoms with van der Waals surface area (Å²) < 4.78 is 23.2. The molecule has 0 fully saturated rings. The molecular formula is C24H28FN3O4. The number of ether oxygens (including phenoxy) is 2. The number of rotatable bonds is 8. The summed E-state index contributed by atoms with van der Waals surface area (Å²) in [5, 5.41) is 5.26. The van der Waals surface area contributed by atoms with Crippen LogP contribution in [-0.4, -0.2) is 31.9 Å². The average molecular weight is 442 g/mol. The maximum atomic E-state index is 13.3. The highest BCUT2D eigenvalue weighted by molar-refractivity contribution is 5.96. The van der Waals surface area contributed by atoms with Gasteiger partial charge >= 0.3 is 12.2 Å². The molecule has 0 saturated carbocycles. The fraction of sp³-hybridized carbons (Fsp3) is 0.333. The van der Waals surface area contributed by atoms with Crippen LogP contribution in [0.3, 0.4) is 0 Å². The zero-order chi connectivity index (χ0) is 23.3. The predicted octanol–water partition coefficient (Wildman–Crippen LogP) is 5.38. The monoisotopic (exact) mass is 441 g/mol. The molecule has 0 aliphatic heterocycles. The van der Waals surface area contributed by atoms with Crippen LogP contribution >= 0.6 is 0 Å². The second-order valence-corrected chi connectivity index (χ2v) is 6.61. The molecule has 170 valence electrons. The van der Waals surface area contributed by atoms with Gasteiger partial charge in [-0.2, -0.15) is 0 Å². The lowest BCUT2D eigenvalue weighted by atomic mass is 10.1. The first-order valence-electron chi connectivity index (χ1n) is 10.4. The van der Waals surface area contributed by atoms with Crippen molar-refractivity contribution < 1.29 is 23.5 Å². The van der Waals surface area contributed by atoms with Gasteiger partial charge in [-0.1, -0.05) is 25.0 Å². The summed E-state index contributed by atoms with van der Waals surface area (Å²) in [5.74, 6) is 5.85. The molecule has 2 aromatic rings. The molecule has 7 nitrogen and oxygen atoms in total. The number of anilines is 3. The fourth-order valence-electron chi connectivity index (χ4n) is 2.82. The van der Waals surface area contributed by atoms with Crippen LogP contribution in [0.2, 0.25) is 0 Å². The van der Waals surface area contributed by atoms with Crippen molar-refractivity contribution in [2.24, 2.45) is 0 Å². The SMILES string of the molecule is CCC#CCN(Cc1ccc(F)cc1)c1ccc(NC(=O)OCC)c(NC(=O)OCC)c1. The minimum atomic E-state index is -0.646. The number of nitrogens with one attached hydrogen (secondary N) is 2. The molecule has 32 heavy (non-hydrogen) atoms. The summed E-state index contributed by atoms with van der Waals surface area (Å²) in [7, 11) is 0. The maximum absolute atomic E-state index is 13.3. The summed E-state index contributed by atoms with van der Waals surface area (Å²) in [4.78, 5) is 25.9. The van der Waals surface area contributed by atoms with E-state index in [0.717, 1.165) is 17.7 Å². The lowest BCUT2D eigenvalue weighted by Gasteiger charge is -2.24. The van der Waals surface area contributed by atoms with E-state index in [2.05, 4.69) is 22.5 Å². The van der Waals surface area contributed by atoms with Crippen molar-refractivity contribution in [1.29, 1.82) is 0 Å². The van der Waals surface area contributed by atoms with Crippen LogP contribution in [0, 0.1) is 17.7 Å². The van der Waals surface area contributed by atoms with Crippen molar-refractivity contribution in [1.82, 2.24) is 0 Å². The van der Waals surface area contributed by atoms with E-state index in [1.54, 1.807) is 44.2 Å². The minimum Gasteiger partial charge on any atom is -0.450 e. The van der Waals surface area contributed by atoms with Gasteiger partial charge in [0.15, 0.2) is 0 Å². The molecule has 2 aromatic carbocycles. The first-order chi connectivity index (χ1) is 15.5. The summed E-state index contributed by atoms with van der Waals surface area (Å²) in [6.07, 6.45) is -0.556. The van der Waals surface area contributed by atoms with Gasteiger partial charge in [-0.25, -0.2) is 14.0 Å². The van der Waals surface area contributed by atoms with Crippen LogP contribution in [0.25, 0.3) is 0 Å². The molecule has 2 N–H and O–H groups in total. The Balaban J connectivity index is 2.38. The quantitative estimate of drug-likeness (QED) is 0.538. The third-order valence-corrected chi connectivity index (χ3v) is 4.25. The van der Waals surface area contributed by atoms with Crippen molar-refractivity contribution in [2.75, 3.05) is 35.3 Å². The molecule has 0 radical (unpaired) electrons. The standard InChI is InChI=1S/C24H28FN3O4/c1-4-7-8-15-28(17-18-9-11-19(25)12-10-18)20-13-14-21(26-23(29)31-5-2)22(16-20)27-24(30)32-6-3/h9-14,16H,4-6,15,17H2,1-3H3,(H,26,29)(H,27,30). The van der Waals surface area contributed by atoms with Crippen molar-refractivity contribution in [3.63, 3.8) is 0 Å². The fourth-order valence-corrected chi connectivity index (χ4v) is 2.82. The average Bonchev–Trinajstić information content (AvgIpc) is 2.76. The topological polar surface area (TPSA) is 79.9 Å². The number of hydrogen-bond acceptors (Lipinski definition) is 5. The molecule has 0 aliphatic carbocycles. The van der Waals surface area contributed by atoms with Crippen LogP contribution in [0.15, 0.2) is 42.5 Å². The molecule has 0 heterocycles. The molecule has 0 bridgehead atoms. The van der Waals surface area contributed by atoms with Crippen LogP contribution < -0.4 is 15.5 Å². The number of benzene rings is 2. The molecular weight excluding hydrogens is 413 g/mol. The predicted molar refractivity (Wildman–Crippen MR) is 123 cm³/mol. The molecule has 0 atom stereocenters. The number of hydrogen-bond donors (Lipinski definition) is 2. The summed E-state index contributed by atoms with van der Waals surface area (Å²) >= 11 is 0. The Hall–Kier alpha value is -3.73. The molecule has 8 heteroatoms. The van der Waals surface area contributed by atoms with Crippen molar-refractivity contribution >= 4 is 29.2 Å². The van der Waals surface area contributed by atoms with Gasteiger partial charge in [0.1, 0.15) is 5.82 Å². The third kappa shape index (κ3) is 7.84. The Morgan fingerprint density at radius 2 is 1.53 bits per heavy atom. The zero-order valence-corrected chi connectivity index (χ0v) is 18.5. The smallest absolute Gasteiger partial charge is 0.411 e. The van der Waals surface area contributed by atoms with Crippen molar-refractivity contribution in [3.8, 4) is 11.8 Å². The third-order valence-electron chi connectivity index (χ3n) is 4.25. The van der Waals surface area contributed by atoms with E-state index in [-0.39, 0.29) is 19.0 Å². The van der Waals surface area contributed by atoms with E-state index in [1.807, 2.05) is 11.8 Å². The van der Waals surface area contributed by atoms with Crippen LogP contribution in [0.5, 0.6) is 0 Å². The van der Waals surface area contributed by atoms with E-state index in [4.69, 9.17) is 9.47 Å². The highest BCUT2D eigenvalue weighted by atomic mass is 19.1. The lowest BCUT2D eigenvalue weighted by molar-refractivity contribution is 0.166. The Labute approximate surface area is 187 Å². The normalized spacial score (nSPS) is 9.88. The van der Waals surface area contributed by atoms with Crippen LogP contribution in [0.4, 0.5) is 31.0 Å². The molecule has 0 spiro atoms. The number of amides is 2. The minimum absolute atomic E-state index is 0.204. The summed E-state index contributed by atoms with van der Waals surface area (Å²) in [5.41, 5.74) is 2.36. The number of halogens is 1. The molecule has 2 rings (SSSR count). The van der Waals surface area contributed by atoms with E-state index in [9.17, 15) is 14.0 Å². The van der Waals surface area contributed by atoms with Crippen LogP contribution in [0.1, 0.15) is 32.8 Å². The Bertz CT molecular complexity index is 967. The molecule has 2 amide bonds. The first kappa shape index (κ1) is 24.5. The van der Waals surface area contributed by atoms with Gasteiger partial charge in [-0.05, 0) is 49.7 Å². The van der Waals surface area contributed by atoms with Gasteiger partial charge in [0, 0.05) is 18.7 Å². The number of carbonyl (C=O) groups is 2. The van der Waals surface area contributed by atoms with Gasteiger partial charge < -0.3 is 14.4 Å². The van der Waals surface area contributed by atoms with E-state index >= 15 is 0 Å². The molecule has 0 aromatic heterocycles. The second kappa shape index (κ2) is 12.8. The van der Waals surface area contributed by atoms with E-state index in [0.29, 0.717) is 24.5 Å². The Morgan fingerprint density at radius 1 is 0.906 bits per heavy atom. The van der Waals surface area contributed by atoms with Crippen molar-refractivity contribution in [2.45, 2.75) is 33.7 Å². The maximum Gasteiger partial charge on any atom is 0.411 e. The van der Waals surface area contributed by atoms with Gasteiger partial charge in [0.05, 0.1) is 31.1 Å². The number of nitrogens with zero attached hydrogens (tertiary/aromatic N) is 1. The molecule has 0 saturated heterocycles. The van der Waals surface area contributed by atoms with Crippen molar-refractivity contribution in [3.05, 3.63) is 53.8 Å². The zero-order valence-electron chi connectivity index (χ0n) is 18.5. The van der Waals surface area contributed by atoms with E-state index in [1.165, 1.54) is 12.1 Å². The van der Waals surface area contributed by atoms with Crippen LogP contribution in [-0.2, 0) is 16.0 Å². The summed E-state index contributed by atoms with van der Waals surface area (Å²) in [6.45, 7) is 6.68. The highest BCUT2D eigenvalue weighted by Gasteiger charge is 2.15. The Morgan fingerprint density at radius 3 is 2.12 bits per heavy atom. The highest BCUT2D eigenvalue weighted by Crippen LogP contribution is 2.29. The van der Waals surface area contributed by atoms with Gasteiger partial charge in [-0.15, -0.1) is 5.92 Å². The summed E-state index contributed by atoms with van der Waals surface area (Å²) in [6, 6.07) is 11.4. The Kier molecular flexibility index (Phi) is 9.85. The largest absolute Gasteiger partial charge is 0.450 e. The second-order valence-electron chi connectivity index (χ2n) is 6.61. The lowest BCUT2D eigenvalue weighted by Crippen LogP contribution is -2.24. The number of carbonyl (C=O) groups excluding carboxylic acids is 2. The van der Waals surface area contributed by atoms with Gasteiger partial charge in [-0.3, -0.25) is 10.6 Å². The van der Waals surface area contributed by atoms with Gasteiger partial charge in [0.2, 0.25) is 0 Å².